The van der Waals surface area contributed by atoms with Gasteiger partial charge in [-0.1, -0.05) is 0 Å². The Bertz CT molecular complexity index is 638. The first kappa shape index (κ1) is 15.7. The van der Waals surface area contributed by atoms with Gasteiger partial charge >= 0.3 is 0 Å². The maximum Gasteiger partial charge on any atom is 0.270 e. The van der Waals surface area contributed by atoms with Gasteiger partial charge in [-0.3, -0.25) is 10.1 Å². The molecule has 1 fully saturated rings. The normalized spacial score (nSPS) is 17.8. The van der Waals surface area contributed by atoms with Crippen molar-refractivity contribution in [2.75, 3.05) is 25.4 Å². The van der Waals surface area contributed by atoms with Crippen LogP contribution in [0.2, 0.25) is 0 Å². The molecule has 1 saturated heterocycles. The molecular formula is C12H17N3O5S. The maximum atomic E-state index is 12.5. The van der Waals surface area contributed by atoms with Crippen LogP contribution in [0.5, 0.6) is 0 Å². The molecule has 0 amide bonds. The van der Waals surface area contributed by atoms with E-state index in [4.69, 9.17) is 10.8 Å². The molecule has 8 nitrogen and oxygen atoms in total. The van der Waals surface area contributed by atoms with E-state index in [0.717, 1.165) is 6.07 Å². The van der Waals surface area contributed by atoms with Crippen LogP contribution in [0.15, 0.2) is 23.1 Å². The number of nitro groups is 1. The third kappa shape index (κ3) is 3.14. The zero-order valence-electron chi connectivity index (χ0n) is 11.3. The summed E-state index contributed by atoms with van der Waals surface area (Å²) in [5.74, 6) is 0.0962. The molecule has 0 saturated carbocycles. The van der Waals surface area contributed by atoms with E-state index in [1.54, 1.807) is 0 Å². The molecule has 9 heteroatoms. The number of aliphatic hydroxyl groups excluding tert-OH is 1. The van der Waals surface area contributed by atoms with E-state index in [9.17, 15) is 18.5 Å². The van der Waals surface area contributed by atoms with Gasteiger partial charge in [0, 0.05) is 31.8 Å². The number of nitrogens with two attached hydrogens (primary N) is 1. The molecule has 0 radical (unpaired) electrons. The molecule has 1 aliphatic rings. The van der Waals surface area contributed by atoms with Gasteiger partial charge in [0.25, 0.3) is 5.69 Å². The van der Waals surface area contributed by atoms with Crippen LogP contribution in [-0.4, -0.2) is 42.4 Å². The predicted molar refractivity (Wildman–Crippen MR) is 76.1 cm³/mol. The number of nitro benzene ring substituents is 1. The summed E-state index contributed by atoms with van der Waals surface area (Å²) in [4.78, 5) is 9.88. The Balaban J connectivity index is 2.32. The second-order valence-corrected chi connectivity index (χ2v) is 6.92. The third-order valence-corrected chi connectivity index (χ3v) is 5.61. The van der Waals surface area contributed by atoms with Crippen molar-refractivity contribution in [1.29, 1.82) is 0 Å². The lowest BCUT2D eigenvalue weighted by atomic mass is 10.00. The average Bonchev–Trinajstić information content (AvgIpc) is 2.47. The van der Waals surface area contributed by atoms with Gasteiger partial charge in [0.15, 0.2) is 0 Å². The van der Waals surface area contributed by atoms with Crippen molar-refractivity contribution >= 4 is 21.4 Å². The molecule has 0 spiro atoms. The van der Waals surface area contributed by atoms with Crippen LogP contribution in [0.4, 0.5) is 11.4 Å². The minimum absolute atomic E-state index is 0.00937. The van der Waals surface area contributed by atoms with E-state index >= 15 is 0 Å². The number of nitrogen functional groups attached to an aromatic ring is 1. The van der Waals surface area contributed by atoms with E-state index in [0.29, 0.717) is 12.8 Å². The van der Waals surface area contributed by atoms with E-state index in [1.807, 2.05) is 0 Å². The zero-order valence-corrected chi connectivity index (χ0v) is 12.1. The fourth-order valence-corrected chi connectivity index (χ4v) is 3.94. The Morgan fingerprint density at radius 2 is 2.00 bits per heavy atom. The lowest BCUT2D eigenvalue weighted by Crippen LogP contribution is -2.39. The molecule has 0 bridgehead atoms. The van der Waals surface area contributed by atoms with Crippen molar-refractivity contribution < 1.29 is 18.4 Å². The van der Waals surface area contributed by atoms with Crippen LogP contribution in [0.3, 0.4) is 0 Å². The summed E-state index contributed by atoms with van der Waals surface area (Å²) in [6, 6.07) is 3.39. The zero-order chi connectivity index (χ0) is 15.6. The second-order valence-electron chi connectivity index (χ2n) is 5.01. The number of anilines is 1. The third-order valence-electron chi connectivity index (χ3n) is 3.66. The van der Waals surface area contributed by atoms with Crippen LogP contribution in [0.25, 0.3) is 0 Å². The van der Waals surface area contributed by atoms with Crippen LogP contribution in [0.1, 0.15) is 12.8 Å². The molecule has 116 valence electrons. The maximum absolute atomic E-state index is 12.5. The smallest absolute Gasteiger partial charge is 0.270 e. The van der Waals surface area contributed by atoms with Gasteiger partial charge in [0.2, 0.25) is 10.0 Å². The van der Waals surface area contributed by atoms with E-state index < -0.39 is 14.9 Å². The minimum Gasteiger partial charge on any atom is -0.398 e. The highest BCUT2D eigenvalue weighted by molar-refractivity contribution is 7.89. The number of rotatable bonds is 4. The molecule has 0 aliphatic carbocycles. The van der Waals surface area contributed by atoms with Crippen LogP contribution in [-0.2, 0) is 10.0 Å². The van der Waals surface area contributed by atoms with Gasteiger partial charge in [-0.05, 0) is 24.8 Å². The van der Waals surface area contributed by atoms with Crippen molar-refractivity contribution in [3.05, 3.63) is 28.3 Å². The lowest BCUT2D eigenvalue weighted by molar-refractivity contribution is -0.385. The number of sulfonamides is 1. The van der Waals surface area contributed by atoms with Gasteiger partial charge in [-0.15, -0.1) is 0 Å². The molecular weight excluding hydrogens is 298 g/mol. The Hall–Kier alpha value is -1.71. The lowest BCUT2D eigenvalue weighted by Gasteiger charge is -2.30. The number of benzene rings is 1. The Kier molecular flexibility index (Phi) is 4.45. The Labute approximate surface area is 122 Å². The summed E-state index contributed by atoms with van der Waals surface area (Å²) >= 11 is 0. The van der Waals surface area contributed by atoms with Gasteiger partial charge in [-0.2, -0.15) is 4.31 Å². The predicted octanol–water partition coefficient (Wildman–Crippen LogP) is 0.570. The van der Waals surface area contributed by atoms with Crippen molar-refractivity contribution in [3.8, 4) is 0 Å². The Morgan fingerprint density at radius 3 is 2.52 bits per heavy atom. The first-order valence-corrected chi connectivity index (χ1v) is 7.95. The number of non-ortho nitro benzene ring substituents is 1. The summed E-state index contributed by atoms with van der Waals surface area (Å²) in [6.45, 7) is 0.582. The SMILES string of the molecule is Nc1ccc([N+](=O)[O-])cc1S(=O)(=O)N1CCC(CO)CC1. The first-order chi connectivity index (χ1) is 9.86. The summed E-state index contributed by atoms with van der Waals surface area (Å²) in [5.41, 5.74) is 5.35. The minimum atomic E-state index is -3.86. The highest BCUT2D eigenvalue weighted by atomic mass is 32.2. The fourth-order valence-electron chi connectivity index (χ4n) is 2.33. The van der Waals surface area contributed by atoms with Crippen molar-refractivity contribution in [2.45, 2.75) is 17.7 Å². The highest BCUT2D eigenvalue weighted by Crippen LogP contribution is 2.29. The summed E-state index contributed by atoms with van der Waals surface area (Å²) in [7, 11) is -3.86. The van der Waals surface area contributed by atoms with Crippen molar-refractivity contribution in [3.63, 3.8) is 0 Å². The van der Waals surface area contributed by atoms with E-state index in [-0.39, 0.29) is 41.9 Å². The summed E-state index contributed by atoms with van der Waals surface area (Å²) in [5, 5.41) is 19.9. The topological polar surface area (TPSA) is 127 Å². The number of aliphatic hydroxyl groups is 1. The van der Waals surface area contributed by atoms with Crippen molar-refractivity contribution in [1.82, 2.24) is 4.31 Å². The number of hydrogen-bond acceptors (Lipinski definition) is 6. The van der Waals surface area contributed by atoms with Crippen LogP contribution in [0, 0.1) is 16.0 Å². The summed E-state index contributed by atoms with van der Waals surface area (Å²) in [6.07, 6.45) is 1.12. The molecule has 0 aromatic heterocycles. The molecule has 1 heterocycles. The number of hydrogen-bond donors (Lipinski definition) is 2. The van der Waals surface area contributed by atoms with Crippen LogP contribution >= 0.6 is 0 Å². The largest absolute Gasteiger partial charge is 0.398 e. The molecule has 0 atom stereocenters. The van der Waals surface area contributed by atoms with Crippen LogP contribution < -0.4 is 5.73 Å². The standard InChI is InChI=1S/C12H17N3O5S/c13-11-2-1-10(15(17)18)7-12(11)21(19,20)14-5-3-9(8-16)4-6-14/h1-2,7,9,16H,3-6,8,13H2. The first-order valence-electron chi connectivity index (χ1n) is 6.51. The monoisotopic (exact) mass is 315 g/mol. The molecule has 3 N–H and O–H groups in total. The van der Waals surface area contributed by atoms with Gasteiger partial charge in [0.1, 0.15) is 4.90 Å². The van der Waals surface area contributed by atoms with Gasteiger partial charge in [-0.25, -0.2) is 8.42 Å². The average molecular weight is 315 g/mol. The molecule has 21 heavy (non-hydrogen) atoms. The molecule has 2 rings (SSSR count). The fraction of sp³-hybridized carbons (Fsp3) is 0.500. The van der Waals surface area contributed by atoms with Gasteiger partial charge < -0.3 is 10.8 Å². The number of piperidine rings is 1. The molecule has 0 unspecified atom stereocenters. The van der Waals surface area contributed by atoms with E-state index in [2.05, 4.69) is 0 Å². The molecule has 1 aromatic carbocycles. The quantitative estimate of drug-likeness (QED) is 0.475. The molecule has 1 aromatic rings. The Morgan fingerprint density at radius 1 is 1.38 bits per heavy atom. The summed E-state index contributed by atoms with van der Waals surface area (Å²) < 4.78 is 26.3. The van der Waals surface area contributed by atoms with E-state index in [1.165, 1.54) is 16.4 Å². The van der Waals surface area contributed by atoms with Gasteiger partial charge in [0.05, 0.1) is 10.6 Å². The second kappa shape index (κ2) is 5.96. The highest BCUT2D eigenvalue weighted by Gasteiger charge is 2.31. The van der Waals surface area contributed by atoms with Crippen molar-refractivity contribution in [2.24, 2.45) is 5.92 Å². The number of nitrogens with zero attached hydrogens (tertiary/aromatic N) is 2. The molecule has 1 aliphatic heterocycles.